The number of rotatable bonds is 4. The van der Waals surface area contributed by atoms with E-state index in [0.717, 1.165) is 16.0 Å². The molecule has 5 nitrogen and oxygen atoms in total. The molecule has 1 heterocycles. The first kappa shape index (κ1) is 16.2. The van der Waals surface area contributed by atoms with Gasteiger partial charge in [0.15, 0.2) is 0 Å². The number of carbonyl (C=O) groups is 2. The zero-order valence-corrected chi connectivity index (χ0v) is 13.9. The quantitative estimate of drug-likeness (QED) is 0.889. The Morgan fingerprint density at radius 2 is 2.00 bits per heavy atom. The second-order valence-corrected chi connectivity index (χ2v) is 7.01. The fraction of sp³-hybridized carbons (Fsp3) is 0.278. The number of aryl methyl sites for hydroxylation is 1. The van der Waals surface area contributed by atoms with Gasteiger partial charge in [-0.2, -0.15) is 5.26 Å². The normalized spacial score (nSPS) is 19.2. The average Bonchev–Trinajstić information content (AvgIpc) is 2.96. The highest BCUT2D eigenvalue weighted by molar-refractivity contribution is 7.16. The number of nitriles is 1. The average molecular weight is 340 g/mol. The number of amides is 1. The molecule has 1 saturated carbocycles. The van der Waals surface area contributed by atoms with Crippen LogP contribution in [0, 0.1) is 30.1 Å². The molecule has 1 fully saturated rings. The van der Waals surface area contributed by atoms with Gasteiger partial charge in [-0.15, -0.1) is 11.3 Å². The van der Waals surface area contributed by atoms with Crippen LogP contribution in [0.25, 0.3) is 10.4 Å². The first-order chi connectivity index (χ1) is 11.5. The summed E-state index contributed by atoms with van der Waals surface area (Å²) in [5, 5.41) is 20.9. The van der Waals surface area contributed by atoms with Crippen LogP contribution in [-0.4, -0.2) is 17.0 Å². The number of nitrogens with zero attached hydrogens (tertiary/aromatic N) is 1. The number of hydrogen-bond acceptors (Lipinski definition) is 4. The van der Waals surface area contributed by atoms with Crippen molar-refractivity contribution in [1.29, 1.82) is 5.26 Å². The second-order valence-electron chi connectivity index (χ2n) is 5.92. The number of nitrogens with one attached hydrogen (secondary N) is 1. The molecular formula is C18H16N2O3S. The van der Waals surface area contributed by atoms with Gasteiger partial charge in [-0.3, -0.25) is 9.59 Å². The van der Waals surface area contributed by atoms with Crippen LogP contribution in [-0.2, 0) is 9.59 Å². The maximum Gasteiger partial charge on any atom is 0.307 e. The molecule has 0 aliphatic heterocycles. The van der Waals surface area contributed by atoms with Gasteiger partial charge in [0.05, 0.1) is 11.8 Å². The van der Waals surface area contributed by atoms with Crippen LogP contribution >= 0.6 is 11.3 Å². The molecule has 2 aromatic rings. The molecule has 0 unspecified atom stereocenters. The topological polar surface area (TPSA) is 90.2 Å². The molecule has 0 spiro atoms. The number of carboxylic acid groups (broad SMARTS) is 1. The van der Waals surface area contributed by atoms with Gasteiger partial charge in [0.25, 0.3) is 0 Å². The highest BCUT2D eigenvalue weighted by atomic mass is 32.1. The predicted molar refractivity (Wildman–Crippen MR) is 91.7 cm³/mol. The number of benzene rings is 1. The lowest BCUT2D eigenvalue weighted by atomic mass is 9.73. The van der Waals surface area contributed by atoms with Crippen molar-refractivity contribution in [1.82, 2.24) is 0 Å². The number of anilines is 1. The lowest BCUT2D eigenvalue weighted by molar-refractivity contribution is -0.151. The fourth-order valence-corrected chi connectivity index (χ4v) is 3.60. The molecule has 1 aliphatic carbocycles. The molecule has 0 saturated heterocycles. The lowest BCUT2D eigenvalue weighted by Crippen LogP contribution is -2.41. The minimum atomic E-state index is -0.908. The van der Waals surface area contributed by atoms with Crippen LogP contribution in [0.4, 0.5) is 5.69 Å². The van der Waals surface area contributed by atoms with Crippen LogP contribution in [0.3, 0.4) is 0 Å². The molecule has 2 atom stereocenters. The highest BCUT2D eigenvalue weighted by Gasteiger charge is 2.41. The second kappa shape index (κ2) is 6.46. The van der Waals surface area contributed by atoms with Crippen molar-refractivity contribution in [3.8, 4) is 16.5 Å². The zero-order valence-electron chi connectivity index (χ0n) is 13.1. The van der Waals surface area contributed by atoms with Gasteiger partial charge in [0.2, 0.25) is 5.91 Å². The number of aliphatic carboxylic acids is 1. The smallest absolute Gasteiger partial charge is 0.307 e. The standard InChI is InChI=1S/C18H16N2O3S/c1-10-2-3-11(16-7-4-12(9-19)24-16)8-15(10)20-17(21)13-5-6-14(13)18(22)23/h2-4,7-8,13-14H,5-6H2,1H3,(H,20,21)(H,22,23)/t13-,14+/m1/s1. The number of carboxylic acids is 1. The van der Waals surface area contributed by atoms with Crippen molar-refractivity contribution in [2.75, 3.05) is 5.32 Å². The summed E-state index contributed by atoms with van der Waals surface area (Å²) in [5.74, 6) is -2.19. The van der Waals surface area contributed by atoms with Gasteiger partial charge in [-0.1, -0.05) is 12.1 Å². The van der Waals surface area contributed by atoms with Crippen LogP contribution < -0.4 is 5.32 Å². The number of carbonyl (C=O) groups excluding carboxylic acids is 1. The van der Waals surface area contributed by atoms with Gasteiger partial charge >= 0.3 is 5.97 Å². The van der Waals surface area contributed by atoms with E-state index < -0.39 is 17.8 Å². The Kier molecular flexibility index (Phi) is 4.36. The van der Waals surface area contributed by atoms with E-state index in [1.165, 1.54) is 11.3 Å². The predicted octanol–water partition coefficient (Wildman–Crippen LogP) is 3.64. The summed E-state index contributed by atoms with van der Waals surface area (Å²) in [6, 6.07) is 11.5. The molecule has 1 aromatic heterocycles. The Labute approximate surface area is 143 Å². The molecule has 6 heteroatoms. The third kappa shape index (κ3) is 3.03. The molecule has 1 aliphatic rings. The zero-order chi connectivity index (χ0) is 17.3. The van der Waals surface area contributed by atoms with Crippen molar-refractivity contribution in [2.45, 2.75) is 19.8 Å². The van der Waals surface area contributed by atoms with Crippen molar-refractivity contribution >= 4 is 28.9 Å². The van der Waals surface area contributed by atoms with Gasteiger partial charge in [0.1, 0.15) is 10.9 Å². The Morgan fingerprint density at radius 3 is 2.58 bits per heavy atom. The van der Waals surface area contributed by atoms with Crippen molar-refractivity contribution in [2.24, 2.45) is 11.8 Å². The maximum absolute atomic E-state index is 12.3. The van der Waals surface area contributed by atoms with Crippen LogP contribution in [0.1, 0.15) is 23.3 Å². The summed E-state index contributed by atoms with van der Waals surface area (Å²) in [6.45, 7) is 1.89. The van der Waals surface area contributed by atoms with E-state index in [-0.39, 0.29) is 5.91 Å². The van der Waals surface area contributed by atoms with Gasteiger partial charge in [0, 0.05) is 10.6 Å². The first-order valence-electron chi connectivity index (χ1n) is 7.64. The molecule has 24 heavy (non-hydrogen) atoms. The Bertz CT molecular complexity index is 850. The van der Waals surface area contributed by atoms with Crippen molar-refractivity contribution in [3.63, 3.8) is 0 Å². The van der Waals surface area contributed by atoms with Gasteiger partial charge < -0.3 is 10.4 Å². The SMILES string of the molecule is Cc1ccc(-c2ccc(C#N)s2)cc1NC(=O)[C@@H]1CC[C@@H]1C(=O)O. The third-order valence-corrected chi connectivity index (χ3v) is 5.46. The van der Waals surface area contributed by atoms with Crippen LogP contribution in [0.5, 0.6) is 0 Å². The van der Waals surface area contributed by atoms with E-state index in [1.54, 1.807) is 6.07 Å². The first-order valence-corrected chi connectivity index (χ1v) is 8.46. The fourth-order valence-electron chi connectivity index (χ4n) is 2.80. The van der Waals surface area contributed by atoms with Crippen LogP contribution in [0.15, 0.2) is 30.3 Å². The summed E-state index contributed by atoms with van der Waals surface area (Å²) in [4.78, 5) is 25.0. The Balaban J connectivity index is 1.81. The molecule has 0 bridgehead atoms. The summed E-state index contributed by atoms with van der Waals surface area (Å²) in [5.41, 5.74) is 2.52. The van der Waals surface area contributed by atoms with E-state index in [2.05, 4.69) is 11.4 Å². The van der Waals surface area contributed by atoms with Crippen LogP contribution in [0.2, 0.25) is 0 Å². The lowest BCUT2D eigenvalue weighted by Gasteiger charge is -2.32. The third-order valence-electron chi connectivity index (χ3n) is 4.42. The summed E-state index contributed by atoms with van der Waals surface area (Å²) < 4.78 is 0. The minimum absolute atomic E-state index is 0.238. The summed E-state index contributed by atoms with van der Waals surface area (Å²) in [7, 11) is 0. The highest BCUT2D eigenvalue weighted by Crippen LogP contribution is 2.36. The van der Waals surface area contributed by atoms with E-state index >= 15 is 0 Å². The molecule has 0 radical (unpaired) electrons. The number of hydrogen-bond donors (Lipinski definition) is 2. The monoisotopic (exact) mass is 340 g/mol. The molecule has 122 valence electrons. The number of thiophene rings is 1. The summed E-state index contributed by atoms with van der Waals surface area (Å²) >= 11 is 1.39. The molecule has 1 aromatic carbocycles. The molecule has 2 N–H and O–H groups in total. The molecule has 1 amide bonds. The Hall–Kier alpha value is -2.65. The van der Waals surface area contributed by atoms with E-state index in [1.807, 2.05) is 31.2 Å². The van der Waals surface area contributed by atoms with Crippen molar-refractivity contribution < 1.29 is 14.7 Å². The Morgan fingerprint density at radius 1 is 1.25 bits per heavy atom. The molecular weight excluding hydrogens is 324 g/mol. The molecule has 3 rings (SSSR count). The van der Waals surface area contributed by atoms with E-state index in [9.17, 15) is 9.59 Å². The van der Waals surface area contributed by atoms with Gasteiger partial charge in [-0.25, -0.2) is 0 Å². The summed E-state index contributed by atoms with van der Waals surface area (Å²) in [6.07, 6.45) is 1.16. The largest absolute Gasteiger partial charge is 0.481 e. The van der Waals surface area contributed by atoms with E-state index in [0.29, 0.717) is 23.4 Å². The maximum atomic E-state index is 12.3. The van der Waals surface area contributed by atoms with E-state index in [4.69, 9.17) is 10.4 Å². The van der Waals surface area contributed by atoms with Gasteiger partial charge in [-0.05, 0) is 49.1 Å². The minimum Gasteiger partial charge on any atom is -0.481 e. The van der Waals surface area contributed by atoms with Crippen molar-refractivity contribution in [3.05, 3.63) is 40.8 Å².